The van der Waals surface area contributed by atoms with E-state index in [0.29, 0.717) is 24.4 Å². The molecule has 1 fully saturated rings. The van der Waals surface area contributed by atoms with Gasteiger partial charge in [0.1, 0.15) is 5.82 Å². The Labute approximate surface area is 169 Å². The van der Waals surface area contributed by atoms with Gasteiger partial charge in [-0.15, -0.1) is 0 Å². The van der Waals surface area contributed by atoms with Gasteiger partial charge in [0.2, 0.25) is 5.91 Å². The van der Waals surface area contributed by atoms with Gasteiger partial charge in [0.15, 0.2) is 0 Å². The Balaban J connectivity index is 1.61. The first-order valence-electron chi connectivity index (χ1n) is 10.2. The molecule has 0 unspecified atom stereocenters. The lowest BCUT2D eigenvalue weighted by Crippen LogP contribution is -2.31. The van der Waals surface area contributed by atoms with Gasteiger partial charge in [0, 0.05) is 36.8 Å². The molecule has 0 radical (unpaired) electrons. The Kier molecular flexibility index (Phi) is 5.60. The number of rotatable bonds is 6. The summed E-state index contributed by atoms with van der Waals surface area (Å²) in [6.45, 7) is 1.28. The second-order valence-electron chi connectivity index (χ2n) is 7.87. The third-order valence-corrected chi connectivity index (χ3v) is 5.92. The third kappa shape index (κ3) is 4.31. The maximum absolute atomic E-state index is 13.2. The minimum Gasteiger partial charge on any atom is -0.369 e. The van der Waals surface area contributed by atoms with Crippen molar-refractivity contribution in [1.82, 2.24) is 9.55 Å². The van der Waals surface area contributed by atoms with Gasteiger partial charge in [-0.05, 0) is 49.3 Å². The van der Waals surface area contributed by atoms with Crippen LogP contribution in [0.2, 0.25) is 0 Å². The molecule has 0 aliphatic heterocycles. The van der Waals surface area contributed by atoms with Gasteiger partial charge in [-0.3, -0.25) is 19.1 Å². The fourth-order valence-electron chi connectivity index (χ4n) is 4.20. The van der Waals surface area contributed by atoms with E-state index in [9.17, 15) is 9.59 Å². The number of carbonyl (C=O) groups is 1. The highest BCUT2D eigenvalue weighted by molar-refractivity contribution is 5.83. The number of nitrogens with zero attached hydrogens (tertiary/aromatic N) is 2. The van der Waals surface area contributed by atoms with E-state index in [1.807, 2.05) is 28.8 Å². The van der Waals surface area contributed by atoms with E-state index in [0.717, 1.165) is 42.5 Å². The summed E-state index contributed by atoms with van der Waals surface area (Å²) in [7, 11) is 0. The van der Waals surface area contributed by atoms with Crippen molar-refractivity contribution < 1.29 is 4.79 Å². The summed E-state index contributed by atoms with van der Waals surface area (Å²) < 4.78 is 1.85. The van der Waals surface area contributed by atoms with Crippen LogP contribution >= 0.6 is 0 Å². The van der Waals surface area contributed by atoms with Crippen LogP contribution in [-0.4, -0.2) is 15.5 Å². The maximum atomic E-state index is 13.2. The molecule has 0 bridgehead atoms. The quantitative estimate of drug-likeness (QED) is 0.676. The molecular weight excluding hydrogens is 364 g/mol. The van der Waals surface area contributed by atoms with Crippen molar-refractivity contribution in [3.63, 3.8) is 0 Å². The molecule has 6 heteroatoms. The zero-order valence-corrected chi connectivity index (χ0v) is 16.4. The van der Waals surface area contributed by atoms with Crippen molar-refractivity contribution in [3.8, 4) is 0 Å². The topological polar surface area (TPSA) is 90.0 Å². The van der Waals surface area contributed by atoms with E-state index in [4.69, 9.17) is 5.73 Å². The number of amides is 1. The number of hydrogen-bond donors (Lipinski definition) is 2. The van der Waals surface area contributed by atoms with E-state index < -0.39 is 0 Å². The zero-order chi connectivity index (χ0) is 20.2. The fourth-order valence-corrected chi connectivity index (χ4v) is 4.20. The molecule has 1 aliphatic carbocycles. The Morgan fingerprint density at radius 3 is 2.62 bits per heavy atom. The van der Waals surface area contributed by atoms with Crippen LogP contribution in [0, 0.1) is 11.8 Å². The number of benzene rings is 1. The summed E-state index contributed by atoms with van der Waals surface area (Å²) >= 11 is 0. The third-order valence-electron chi connectivity index (χ3n) is 5.92. The standard InChI is InChI=1S/C23H26N4O2/c24-22(28)18-8-6-17(7-9-18)15-27-21(26-13-16-4-2-1-3-5-16)12-19-14-25-11-10-20(19)23(27)29/h1-5,10-12,14,17-18,26H,6-9,13,15H2,(H2,24,28). The molecule has 2 heterocycles. The lowest BCUT2D eigenvalue weighted by atomic mass is 9.81. The molecule has 1 amide bonds. The average Bonchev–Trinajstić information content (AvgIpc) is 2.75. The Hall–Kier alpha value is -3.15. The predicted molar refractivity (Wildman–Crippen MR) is 114 cm³/mol. The van der Waals surface area contributed by atoms with E-state index >= 15 is 0 Å². The molecule has 2 aromatic heterocycles. The van der Waals surface area contributed by atoms with Gasteiger partial charge in [-0.1, -0.05) is 30.3 Å². The number of anilines is 1. The number of nitrogens with two attached hydrogens (primary N) is 1. The second kappa shape index (κ2) is 8.47. The highest BCUT2D eigenvalue weighted by atomic mass is 16.1. The monoisotopic (exact) mass is 390 g/mol. The molecule has 1 aromatic carbocycles. The number of fused-ring (bicyclic) bond motifs is 1. The van der Waals surface area contributed by atoms with Crippen LogP contribution in [0.15, 0.2) is 59.7 Å². The summed E-state index contributed by atoms with van der Waals surface area (Å²) in [5.74, 6) is 0.932. The van der Waals surface area contributed by atoms with Crippen LogP contribution in [0.5, 0.6) is 0 Å². The smallest absolute Gasteiger partial charge is 0.260 e. The van der Waals surface area contributed by atoms with Crippen molar-refractivity contribution in [3.05, 3.63) is 70.8 Å². The van der Waals surface area contributed by atoms with Crippen LogP contribution in [0.3, 0.4) is 0 Å². The Morgan fingerprint density at radius 1 is 1.14 bits per heavy atom. The number of primary amides is 1. The van der Waals surface area contributed by atoms with Crippen LogP contribution < -0.4 is 16.6 Å². The number of hydrogen-bond acceptors (Lipinski definition) is 4. The highest BCUT2D eigenvalue weighted by Gasteiger charge is 2.25. The SMILES string of the molecule is NC(=O)C1CCC(Cn2c(NCc3ccccc3)cc3cnccc3c2=O)CC1. The summed E-state index contributed by atoms with van der Waals surface area (Å²) in [5, 5.41) is 4.95. The summed E-state index contributed by atoms with van der Waals surface area (Å²) in [4.78, 5) is 28.8. The lowest BCUT2D eigenvalue weighted by molar-refractivity contribution is -0.123. The number of aromatic nitrogens is 2. The summed E-state index contributed by atoms with van der Waals surface area (Å²) in [6, 6.07) is 13.9. The lowest BCUT2D eigenvalue weighted by Gasteiger charge is -2.28. The van der Waals surface area contributed by atoms with Gasteiger partial charge >= 0.3 is 0 Å². The van der Waals surface area contributed by atoms with Crippen molar-refractivity contribution >= 4 is 22.5 Å². The van der Waals surface area contributed by atoms with Crippen LogP contribution in [0.1, 0.15) is 31.2 Å². The molecule has 150 valence electrons. The van der Waals surface area contributed by atoms with Crippen molar-refractivity contribution in [1.29, 1.82) is 0 Å². The largest absolute Gasteiger partial charge is 0.369 e. The molecule has 1 saturated carbocycles. The number of nitrogens with one attached hydrogen (secondary N) is 1. The normalized spacial score (nSPS) is 19.2. The summed E-state index contributed by atoms with van der Waals surface area (Å²) in [5.41, 5.74) is 6.61. The molecular formula is C23H26N4O2. The molecule has 0 saturated heterocycles. The van der Waals surface area contributed by atoms with E-state index in [1.165, 1.54) is 0 Å². The van der Waals surface area contributed by atoms with Crippen molar-refractivity contribution in [2.24, 2.45) is 17.6 Å². The predicted octanol–water partition coefficient (Wildman–Crippen LogP) is 3.30. The number of pyridine rings is 2. The first-order valence-corrected chi connectivity index (χ1v) is 10.2. The van der Waals surface area contributed by atoms with Gasteiger partial charge < -0.3 is 11.1 Å². The van der Waals surface area contributed by atoms with E-state index in [1.54, 1.807) is 18.5 Å². The first kappa shape index (κ1) is 19.2. The Morgan fingerprint density at radius 2 is 1.90 bits per heavy atom. The van der Waals surface area contributed by atoms with Crippen LogP contribution in [-0.2, 0) is 17.9 Å². The van der Waals surface area contributed by atoms with Gasteiger partial charge in [-0.2, -0.15) is 0 Å². The molecule has 6 nitrogen and oxygen atoms in total. The zero-order valence-electron chi connectivity index (χ0n) is 16.4. The molecule has 1 aliphatic rings. The molecule has 0 atom stereocenters. The van der Waals surface area contributed by atoms with Crippen molar-refractivity contribution in [2.75, 3.05) is 5.32 Å². The van der Waals surface area contributed by atoms with Crippen LogP contribution in [0.4, 0.5) is 5.82 Å². The molecule has 4 rings (SSSR count). The van der Waals surface area contributed by atoms with Gasteiger partial charge in [0.05, 0.1) is 5.39 Å². The van der Waals surface area contributed by atoms with E-state index in [2.05, 4.69) is 22.4 Å². The van der Waals surface area contributed by atoms with Crippen molar-refractivity contribution in [2.45, 2.75) is 38.8 Å². The minimum absolute atomic E-state index is 0.00233. The average molecular weight is 390 g/mol. The Bertz CT molecular complexity index is 1050. The fraction of sp³-hybridized carbons (Fsp3) is 0.348. The highest BCUT2D eigenvalue weighted by Crippen LogP contribution is 2.30. The molecule has 3 aromatic rings. The van der Waals surface area contributed by atoms with E-state index in [-0.39, 0.29) is 17.4 Å². The first-order chi connectivity index (χ1) is 14.1. The second-order valence-corrected chi connectivity index (χ2v) is 7.87. The number of carbonyl (C=O) groups excluding carboxylic acids is 1. The molecule has 0 spiro atoms. The van der Waals surface area contributed by atoms with Crippen LogP contribution in [0.25, 0.3) is 10.8 Å². The summed E-state index contributed by atoms with van der Waals surface area (Å²) in [6.07, 6.45) is 6.81. The molecule has 3 N–H and O–H groups in total. The molecule has 29 heavy (non-hydrogen) atoms. The van der Waals surface area contributed by atoms with Gasteiger partial charge in [0.25, 0.3) is 5.56 Å². The maximum Gasteiger partial charge on any atom is 0.260 e. The van der Waals surface area contributed by atoms with Gasteiger partial charge in [-0.25, -0.2) is 0 Å². The minimum atomic E-state index is -0.205.